The number of anilines is 1. The molecule has 0 unspecified atom stereocenters. The number of nitrogens with zero attached hydrogens (tertiary/aromatic N) is 5. The highest BCUT2D eigenvalue weighted by atomic mass is 16.5. The third-order valence-electron chi connectivity index (χ3n) is 5.19. The first-order valence-corrected chi connectivity index (χ1v) is 8.30. The van der Waals surface area contributed by atoms with Crippen molar-refractivity contribution in [2.45, 2.75) is 11.8 Å². The van der Waals surface area contributed by atoms with Crippen LogP contribution in [-0.2, 0) is 16.6 Å². The van der Waals surface area contributed by atoms with E-state index in [-0.39, 0.29) is 17.7 Å². The number of amides is 1. The molecule has 0 bridgehead atoms. The van der Waals surface area contributed by atoms with Gasteiger partial charge in [0.25, 0.3) is 0 Å². The van der Waals surface area contributed by atoms with Crippen LogP contribution in [0.1, 0.15) is 11.4 Å². The summed E-state index contributed by atoms with van der Waals surface area (Å²) >= 11 is 0. The molecule has 1 aromatic carbocycles. The summed E-state index contributed by atoms with van der Waals surface area (Å²) in [6.07, 6.45) is 3.70. The highest BCUT2D eigenvalue weighted by Crippen LogP contribution is 2.43. The molecule has 0 radical (unpaired) electrons. The van der Waals surface area contributed by atoms with Crippen LogP contribution in [0.3, 0.4) is 0 Å². The molecule has 1 spiro atoms. The summed E-state index contributed by atoms with van der Waals surface area (Å²) < 4.78 is 5.29. The molecule has 2 aliphatic heterocycles. The number of fused-ring (bicyclic) bond motifs is 3. The molecule has 1 fully saturated rings. The third kappa shape index (κ3) is 2.05. The largest absolute Gasteiger partial charge is 0.357 e. The molecule has 0 atom stereocenters. The number of likely N-dealkylation sites (N-methyl/N-ethyl adjacent to an activating group) is 1. The minimum absolute atomic E-state index is 0.0738. The Labute approximate surface area is 144 Å². The Morgan fingerprint density at radius 3 is 2.88 bits per heavy atom. The maximum absolute atomic E-state index is 12.7. The average molecular weight is 335 g/mol. The number of likely N-dealkylation sites (tertiary alicyclic amines) is 1. The number of hydrogen-bond donors (Lipinski definition) is 0. The molecule has 1 amide bonds. The quantitative estimate of drug-likeness (QED) is 0.704. The Balaban J connectivity index is 1.33. The van der Waals surface area contributed by atoms with Gasteiger partial charge in [-0.1, -0.05) is 17.3 Å². The van der Waals surface area contributed by atoms with Gasteiger partial charge in [0.15, 0.2) is 11.4 Å². The molecule has 3 aromatic rings. The minimum Gasteiger partial charge on any atom is -0.357 e. The van der Waals surface area contributed by atoms with E-state index in [1.807, 2.05) is 36.2 Å². The summed E-state index contributed by atoms with van der Waals surface area (Å²) in [5.41, 5.74) is 2.34. The van der Waals surface area contributed by atoms with Gasteiger partial charge < -0.3 is 14.3 Å². The summed E-state index contributed by atoms with van der Waals surface area (Å²) in [6, 6.07) is 7.62. The molecule has 5 rings (SSSR count). The third-order valence-corrected chi connectivity index (χ3v) is 5.19. The zero-order chi connectivity index (χ0) is 17.0. The Hall–Kier alpha value is -2.96. The van der Waals surface area contributed by atoms with E-state index in [1.54, 1.807) is 12.4 Å². The van der Waals surface area contributed by atoms with Crippen LogP contribution in [-0.4, -0.2) is 52.6 Å². The van der Waals surface area contributed by atoms with Gasteiger partial charge in [0.1, 0.15) is 5.69 Å². The molecule has 4 heterocycles. The Kier molecular flexibility index (Phi) is 2.89. The minimum atomic E-state index is -0.0834. The normalized spacial score (nSPS) is 17.8. The molecule has 0 N–H and O–H groups in total. The van der Waals surface area contributed by atoms with Crippen LogP contribution in [0, 0.1) is 0 Å². The maximum atomic E-state index is 12.7. The first kappa shape index (κ1) is 14.4. The van der Waals surface area contributed by atoms with E-state index in [0.29, 0.717) is 24.4 Å². The van der Waals surface area contributed by atoms with Crippen LogP contribution in [0.4, 0.5) is 5.82 Å². The summed E-state index contributed by atoms with van der Waals surface area (Å²) in [6.45, 7) is 2.21. The molecule has 0 aliphatic carbocycles. The number of carbonyl (C=O) groups excluding carboxylic acids is 1. The smallest absolute Gasteiger partial charge is 0.228 e. The van der Waals surface area contributed by atoms with Crippen LogP contribution in [0.5, 0.6) is 0 Å². The van der Waals surface area contributed by atoms with E-state index in [9.17, 15) is 4.79 Å². The highest BCUT2D eigenvalue weighted by molar-refractivity contribution is 5.87. The summed E-state index contributed by atoms with van der Waals surface area (Å²) in [7, 11) is 2.02. The molecule has 25 heavy (non-hydrogen) atoms. The molecule has 7 nitrogen and oxygen atoms in total. The van der Waals surface area contributed by atoms with Gasteiger partial charge in [-0.25, -0.2) is 4.98 Å². The van der Waals surface area contributed by atoms with Crippen molar-refractivity contribution in [1.29, 1.82) is 0 Å². The number of benzene rings is 1. The van der Waals surface area contributed by atoms with Gasteiger partial charge >= 0.3 is 0 Å². The zero-order valence-corrected chi connectivity index (χ0v) is 13.8. The molecule has 0 saturated carbocycles. The number of aromatic nitrogens is 3. The van der Waals surface area contributed by atoms with Crippen LogP contribution >= 0.6 is 0 Å². The molecule has 7 heteroatoms. The molecular weight excluding hydrogens is 318 g/mol. The highest BCUT2D eigenvalue weighted by Gasteiger charge is 2.53. The van der Waals surface area contributed by atoms with Gasteiger partial charge in [-0.2, -0.15) is 0 Å². The van der Waals surface area contributed by atoms with Gasteiger partial charge in [-0.3, -0.25) is 9.78 Å². The standard InChI is InChI=1S/C18H17N5O2/c1-22-9-18(16-17(22)20-7-6-19-16)10-23(11-18)15(24)8-13-12-4-2-3-5-14(12)25-21-13/h2-7H,8-11H2,1H3. The number of rotatable bonds is 2. The number of hydrogen-bond acceptors (Lipinski definition) is 6. The fourth-order valence-corrected chi connectivity index (χ4v) is 4.02. The maximum Gasteiger partial charge on any atom is 0.228 e. The lowest BCUT2D eigenvalue weighted by Crippen LogP contribution is -2.63. The van der Waals surface area contributed by atoms with E-state index < -0.39 is 0 Å². The van der Waals surface area contributed by atoms with Crippen molar-refractivity contribution in [3.05, 3.63) is 48.0 Å². The predicted molar refractivity (Wildman–Crippen MR) is 91.3 cm³/mol. The second-order valence-electron chi connectivity index (χ2n) is 6.92. The van der Waals surface area contributed by atoms with Crippen LogP contribution < -0.4 is 4.90 Å². The van der Waals surface area contributed by atoms with Crippen molar-refractivity contribution in [1.82, 2.24) is 20.0 Å². The lowest BCUT2D eigenvalue weighted by Gasteiger charge is -2.47. The lowest BCUT2D eigenvalue weighted by atomic mass is 9.78. The second kappa shape index (κ2) is 5.02. The molecule has 2 aromatic heterocycles. The lowest BCUT2D eigenvalue weighted by molar-refractivity contribution is -0.138. The second-order valence-corrected chi connectivity index (χ2v) is 6.92. The number of para-hydroxylation sites is 1. The van der Waals surface area contributed by atoms with Crippen LogP contribution in [0.2, 0.25) is 0 Å². The van der Waals surface area contributed by atoms with Crippen molar-refractivity contribution < 1.29 is 9.32 Å². The van der Waals surface area contributed by atoms with Crippen LogP contribution in [0.25, 0.3) is 11.0 Å². The summed E-state index contributed by atoms with van der Waals surface area (Å²) in [4.78, 5) is 25.6. The SMILES string of the molecule is CN1CC2(CN(C(=O)Cc3noc4ccccc34)C2)c2nccnc21. The molecular formula is C18H17N5O2. The van der Waals surface area contributed by atoms with Gasteiger partial charge in [-0.05, 0) is 12.1 Å². The average Bonchev–Trinajstić information content (AvgIpc) is 3.13. The van der Waals surface area contributed by atoms with Crippen molar-refractivity contribution in [3.63, 3.8) is 0 Å². The van der Waals surface area contributed by atoms with Crippen molar-refractivity contribution >= 4 is 22.7 Å². The van der Waals surface area contributed by atoms with E-state index in [1.165, 1.54) is 0 Å². The topological polar surface area (TPSA) is 75.4 Å². The van der Waals surface area contributed by atoms with Crippen molar-refractivity contribution in [3.8, 4) is 0 Å². The monoisotopic (exact) mass is 335 g/mol. The van der Waals surface area contributed by atoms with Crippen LogP contribution in [0.15, 0.2) is 41.2 Å². The van der Waals surface area contributed by atoms with E-state index in [2.05, 4.69) is 20.0 Å². The fraction of sp³-hybridized carbons (Fsp3) is 0.333. The Morgan fingerprint density at radius 2 is 2.00 bits per heavy atom. The van der Waals surface area contributed by atoms with Gasteiger partial charge in [0.2, 0.25) is 5.91 Å². The first-order chi connectivity index (χ1) is 12.2. The van der Waals surface area contributed by atoms with Gasteiger partial charge in [0, 0.05) is 44.5 Å². The van der Waals surface area contributed by atoms with E-state index in [4.69, 9.17) is 4.52 Å². The summed E-state index contributed by atoms with van der Waals surface area (Å²) in [5, 5.41) is 4.97. The molecule has 2 aliphatic rings. The van der Waals surface area contributed by atoms with E-state index in [0.717, 1.165) is 23.4 Å². The molecule has 126 valence electrons. The number of carbonyl (C=O) groups is 1. The Bertz CT molecular complexity index is 976. The van der Waals surface area contributed by atoms with E-state index >= 15 is 0 Å². The van der Waals surface area contributed by atoms with Crippen molar-refractivity contribution in [2.24, 2.45) is 0 Å². The van der Waals surface area contributed by atoms with Gasteiger partial charge in [-0.15, -0.1) is 0 Å². The first-order valence-electron chi connectivity index (χ1n) is 8.30. The molecule has 1 saturated heterocycles. The van der Waals surface area contributed by atoms with Crippen molar-refractivity contribution in [2.75, 3.05) is 31.6 Å². The summed E-state index contributed by atoms with van der Waals surface area (Å²) in [5.74, 6) is 1.00. The fourth-order valence-electron chi connectivity index (χ4n) is 4.02. The zero-order valence-electron chi connectivity index (χ0n) is 13.8. The Morgan fingerprint density at radius 1 is 1.20 bits per heavy atom. The van der Waals surface area contributed by atoms with Gasteiger partial charge in [0.05, 0.1) is 17.5 Å². The predicted octanol–water partition coefficient (Wildman–Crippen LogP) is 1.39.